The first-order valence-corrected chi connectivity index (χ1v) is 5.77. The van der Waals surface area contributed by atoms with Gasteiger partial charge in [-0.2, -0.15) is 0 Å². The minimum absolute atomic E-state index is 0.179. The highest BCUT2D eigenvalue weighted by molar-refractivity contribution is 5.77. The minimum Gasteiger partial charge on any atom is -0.392 e. The van der Waals surface area contributed by atoms with Crippen LogP contribution in [0.4, 0.5) is 0 Å². The number of likely N-dealkylation sites (tertiary alicyclic amines) is 1. The minimum atomic E-state index is -0.322. The van der Waals surface area contributed by atoms with E-state index in [2.05, 4.69) is 10.2 Å². The van der Waals surface area contributed by atoms with Crippen LogP contribution in [0.25, 0.3) is 0 Å². The van der Waals surface area contributed by atoms with Crippen molar-refractivity contribution < 1.29 is 15.1 Å². The van der Waals surface area contributed by atoms with E-state index in [4.69, 9.17) is 5.21 Å². The second-order valence-electron chi connectivity index (χ2n) is 4.66. The summed E-state index contributed by atoms with van der Waals surface area (Å²) in [6.45, 7) is 3.04. The molecule has 0 aromatic carbocycles. The molecule has 4 N–H and O–H groups in total. The SMILES string of the molecule is O=C(NO)C1CNCC(N2CC[C@@H](O)C2)C1. The Labute approximate surface area is 94.6 Å². The number of hydrogen-bond donors (Lipinski definition) is 4. The van der Waals surface area contributed by atoms with E-state index in [1.807, 2.05) is 0 Å². The van der Waals surface area contributed by atoms with Gasteiger partial charge in [-0.25, -0.2) is 5.48 Å². The third-order valence-corrected chi connectivity index (χ3v) is 3.52. The van der Waals surface area contributed by atoms with Crippen LogP contribution in [0.1, 0.15) is 12.8 Å². The predicted octanol–water partition coefficient (Wildman–Crippen LogP) is -1.46. The van der Waals surface area contributed by atoms with Crippen molar-refractivity contribution in [2.75, 3.05) is 26.2 Å². The first kappa shape index (κ1) is 11.8. The maximum atomic E-state index is 11.3. The zero-order valence-electron chi connectivity index (χ0n) is 9.22. The quantitative estimate of drug-likeness (QED) is 0.343. The summed E-state index contributed by atoms with van der Waals surface area (Å²) in [7, 11) is 0. The lowest BCUT2D eigenvalue weighted by Crippen LogP contribution is -2.51. The Morgan fingerprint density at radius 2 is 2.25 bits per heavy atom. The molecule has 0 aliphatic carbocycles. The number of nitrogens with one attached hydrogen (secondary N) is 2. The lowest BCUT2D eigenvalue weighted by atomic mass is 9.94. The average molecular weight is 229 g/mol. The number of nitrogens with zero attached hydrogens (tertiary/aromatic N) is 1. The molecule has 2 aliphatic rings. The zero-order chi connectivity index (χ0) is 11.5. The van der Waals surface area contributed by atoms with E-state index in [1.54, 1.807) is 5.48 Å². The van der Waals surface area contributed by atoms with Crippen molar-refractivity contribution >= 4 is 5.91 Å². The number of carbonyl (C=O) groups is 1. The lowest BCUT2D eigenvalue weighted by molar-refractivity contribution is -0.134. The Bertz CT molecular complexity index is 262. The molecule has 2 unspecified atom stereocenters. The molecule has 2 saturated heterocycles. The van der Waals surface area contributed by atoms with Gasteiger partial charge < -0.3 is 10.4 Å². The molecule has 6 heteroatoms. The summed E-state index contributed by atoms with van der Waals surface area (Å²) < 4.78 is 0. The summed E-state index contributed by atoms with van der Waals surface area (Å²) in [4.78, 5) is 13.5. The number of amides is 1. The van der Waals surface area contributed by atoms with Gasteiger partial charge in [0.05, 0.1) is 12.0 Å². The molecule has 2 heterocycles. The number of aliphatic hydroxyl groups is 1. The maximum Gasteiger partial charge on any atom is 0.247 e. The Balaban J connectivity index is 1.89. The second kappa shape index (κ2) is 5.09. The number of carbonyl (C=O) groups excluding carboxylic acids is 1. The highest BCUT2D eigenvalue weighted by atomic mass is 16.5. The third-order valence-electron chi connectivity index (χ3n) is 3.52. The molecule has 6 nitrogen and oxygen atoms in total. The standard InChI is InChI=1S/C10H19N3O3/c14-9-1-2-13(6-9)8-3-7(4-11-5-8)10(15)12-16/h7-9,11,14,16H,1-6H2,(H,12,15)/t7?,8?,9-/m1/s1. The topological polar surface area (TPSA) is 84.8 Å². The molecular formula is C10H19N3O3. The fraction of sp³-hybridized carbons (Fsp3) is 0.900. The molecular weight excluding hydrogens is 210 g/mol. The Hall–Kier alpha value is -0.690. The van der Waals surface area contributed by atoms with Gasteiger partial charge in [-0.15, -0.1) is 0 Å². The second-order valence-corrected chi connectivity index (χ2v) is 4.66. The van der Waals surface area contributed by atoms with Gasteiger partial charge in [-0.3, -0.25) is 14.9 Å². The van der Waals surface area contributed by atoms with Crippen molar-refractivity contribution in [3.63, 3.8) is 0 Å². The van der Waals surface area contributed by atoms with Crippen molar-refractivity contribution in [2.45, 2.75) is 25.0 Å². The molecule has 0 saturated carbocycles. The summed E-state index contributed by atoms with van der Waals surface area (Å²) >= 11 is 0. The zero-order valence-corrected chi connectivity index (χ0v) is 9.22. The summed E-state index contributed by atoms with van der Waals surface area (Å²) in [5, 5.41) is 21.3. The molecule has 0 aromatic rings. The molecule has 16 heavy (non-hydrogen) atoms. The van der Waals surface area contributed by atoms with Crippen molar-refractivity contribution in [1.82, 2.24) is 15.7 Å². The number of piperidine rings is 1. The van der Waals surface area contributed by atoms with Crippen molar-refractivity contribution in [3.05, 3.63) is 0 Å². The Morgan fingerprint density at radius 3 is 2.88 bits per heavy atom. The van der Waals surface area contributed by atoms with Gasteiger partial charge in [0.1, 0.15) is 0 Å². The number of rotatable bonds is 2. The van der Waals surface area contributed by atoms with Crippen LogP contribution >= 0.6 is 0 Å². The van der Waals surface area contributed by atoms with Gasteiger partial charge >= 0.3 is 0 Å². The Kier molecular flexibility index (Phi) is 3.75. The van der Waals surface area contributed by atoms with Crippen molar-refractivity contribution in [3.8, 4) is 0 Å². The van der Waals surface area contributed by atoms with Crippen LogP contribution in [0.2, 0.25) is 0 Å². The van der Waals surface area contributed by atoms with E-state index in [9.17, 15) is 9.90 Å². The largest absolute Gasteiger partial charge is 0.392 e. The number of hydrogen-bond acceptors (Lipinski definition) is 5. The van der Waals surface area contributed by atoms with E-state index in [1.165, 1.54) is 0 Å². The normalized spacial score (nSPS) is 36.2. The Morgan fingerprint density at radius 1 is 1.44 bits per heavy atom. The molecule has 3 atom stereocenters. The molecule has 92 valence electrons. The molecule has 0 aromatic heterocycles. The molecule has 2 rings (SSSR count). The van der Waals surface area contributed by atoms with Crippen LogP contribution in [0.3, 0.4) is 0 Å². The molecule has 2 aliphatic heterocycles. The highest BCUT2D eigenvalue weighted by Gasteiger charge is 2.33. The van der Waals surface area contributed by atoms with Gasteiger partial charge in [0.2, 0.25) is 5.91 Å². The predicted molar refractivity (Wildman–Crippen MR) is 56.9 cm³/mol. The maximum absolute atomic E-state index is 11.3. The van der Waals surface area contributed by atoms with Crippen molar-refractivity contribution in [1.29, 1.82) is 0 Å². The average Bonchev–Trinajstić information content (AvgIpc) is 2.75. The monoisotopic (exact) mass is 229 g/mol. The van der Waals surface area contributed by atoms with Crippen LogP contribution in [0.15, 0.2) is 0 Å². The number of β-amino-alcohol motifs (C(OH)–C–C–N with tert-alkyl or cyclic N) is 1. The first-order valence-electron chi connectivity index (χ1n) is 5.77. The lowest BCUT2D eigenvalue weighted by Gasteiger charge is -2.34. The van der Waals surface area contributed by atoms with Gasteiger partial charge in [0.25, 0.3) is 0 Å². The van der Waals surface area contributed by atoms with Crippen LogP contribution in [0.5, 0.6) is 0 Å². The van der Waals surface area contributed by atoms with Gasteiger partial charge in [-0.1, -0.05) is 0 Å². The fourth-order valence-electron chi connectivity index (χ4n) is 2.59. The summed E-state index contributed by atoms with van der Waals surface area (Å²) in [6.07, 6.45) is 1.33. The number of hydroxylamine groups is 1. The van der Waals surface area contributed by atoms with Gasteiger partial charge in [-0.05, 0) is 12.8 Å². The summed E-state index contributed by atoms with van der Waals surface area (Å²) in [5.41, 5.74) is 1.71. The summed E-state index contributed by atoms with van der Waals surface area (Å²) in [6, 6.07) is 0.285. The smallest absolute Gasteiger partial charge is 0.247 e. The number of aliphatic hydroxyl groups excluding tert-OH is 1. The van der Waals surface area contributed by atoms with Crippen LogP contribution in [-0.2, 0) is 4.79 Å². The van der Waals surface area contributed by atoms with E-state index >= 15 is 0 Å². The van der Waals surface area contributed by atoms with Gasteiger partial charge in [0.15, 0.2) is 0 Å². The van der Waals surface area contributed by atoms with E-state index in [0.29, 0.717) is 13.1 Å². The van der Waals surface area contributed by atoms with E-state index in [-0.39, 0.29) is 24.0 Å². The molecule has 0 bridgehead atoms. The molecule has 0 spiro atoms. The van der Waals surface area contributed by atoms with Gasteiger partial charge in [0, 0.05) is 32.2 Å². The van der Waals surface area contributed by atoms with E-state index < -0.39 is 0 Å². The van der Waals surface area contributed by atoms with Crippen molar-refractivity contribution in [2.24, 2.45) is 5.92 Å². The van der Waals surface area contributed by atoms with E-state index in [0.717, 1.165) is 25.9 Å². The van der Waals surface area contributed by atoms with Crippen LogP contribution in [0, 0.1) is 5.92 Å². The fourth-order valence-corrected chi connectivity index (χ4v) is 2.59. The summed E-state index contributed by atoms with van der Waals surface area (Å²) in [5.74, 6) is -0.501. The van der Waals surface area contributed by atoms with Crippen LogP contribution < -0.4 is 10.8 Å². The first-order chi connectivity index (χ1) is 7.70. The third kappa shape index (κ3) is 2.52. The molecule has 1 amide bonds. The molecule has 0 radical (unpaired) electrons. The van der Waals surface area contributed by atoms with Crippen LogP contribution in [-0.4, -0.2) is 59.4 Å². The highest BCUT2D eigenvalue weighted by Crippen LogP contribution is 2.20. The molecule has 2 fully saturated rings.